The van der Waals surface area contributed by atoms with Gasteiger partial charge in [-0.3, -0.25) is 4.79 Å². The van der Waals surface area contributed by atoms with Crippen LogP contribution in [0.15, 0.2) is 188 Å². The topological polar surface area (TPSA) is 63.1 Å². The molecule has 2 aromatic heterocycles. The molecular formula is C57H42IrN2O2-2. The first-order valence-corrected chi connectivity index (χ1v) is 20.5. The number of carbonyl (C=O) groups is 1. The average Bonchev–Trinajstić information content (AvgIpc) is 3.31. The van der Waals surface area contributed by atoms with Crippen molar-refractivity contribution >= 4 is 5.78 Å². The number of hydrogen-bond donors (Lipinski definition) is 1. The molecule has 1 N–H and O–H groups in total. The zero-order chi connectivity index (χ0) is 41.7. The fraction of sp³-hybridized carbons (Fsp3) is 0.0702. The molecule has 303 valence electrons. The van der Waals surface area contributed by atoms with Gasteiger partial charge in [0.2, 0.25) is 0 Å². The van der Waals surface area contributed by atoms with Gasteiger partial charge in [-0.05, 0) is 113 Å². The van der Waals surface area contributed by atoms with Crippen molar-refractivity contribution in [3.05, 3.63) is 223 Å². The van der Waals surface area contributed by atoms with Crippen LogP contribution in [-0.2, 0) is 26.5 Å². The van der Waals surface area contributed by atoms with Crippen LogP contribution in [0.3, 0.4) is 0 Å². The number of rotatable bonds is 11. The van der Waals surface area contributed by atoms with Crippen LogP contribution in [0.2, 0.25) is 0 Å². The summed E-state index contributed by atoms with van der Waals surface area (Å²) in [5.41, 5.74) is 17.7. The molecule has 0 bridgehead atoms. The van der Waals surface area contributed by atoms with E-state index in [4.69, 9.17) is 9.97 Å². The van der Waals surface area contributed by atoms with Crippen molar-refractivity contribution < 1.29 is 30.0 Å². The second kappa shape index (κ2) is 18.7. The number of phenols is 1. The normalized spacial score (nSPS) is 10.9. The van der Waals surface area contributed by atoms with Crippen LogP contribution >= 0.6 is 0 Å². The van der Waals surface area contributed by atoms with Gasteiger partial charge in [-0.1, -0.05) is 131 Å². The number of Topliss-reactive ketones (excluding diaryl/α,β-unsaturated/α-hetero) is 1. The van der Waals surface area contributed by atoms with E-state index in [1.165, 1.54) is 0 Å². The van der Waals surface area contributed by atoms with Crippen LogP contribution in [0.4, 0.5) is 0 Å². The molecule has 0 saturated heterocycles. The molecule has 0 fully saturated rings. The van der Waals surface area contributed by atoms with Crippen LogP contribution in [0.5, 0.6) is 5.75 Å². The summed E-state index contributed by atoms with van der Waals surface area (Å²) in [5.74, 6) is -0.0826. The number of hydrogen-bond acceptors (Lipinski definition) is 4. The number of nitrogens with zero attached hydrogens (tertiary/aromatic N) is 2. The van der Waals surface area contributed by atoms with Crippen LogP contribution in [0, 0.1) is 26.0 Å². The molecule has 0 amide bonds. The number of carbonyl (C=O) groups excluding carboxylic acids is 1. The predicted octanol–water partition coefficient (Wildman–Crippen LogP) is 13.9. The summed E-state index contributed by atoms with van der Waals surface area (Å²) in [6.45, 7) is 4.00. The molecule has 62 heavy (non-hydrogen) atoms. The molecule has 9 rings (SSSR count). The minimum atomic E-state index is -0.0906. The van der Waals surface area contributed by atoms with E-state index in [0.717, 1.165) is 95.1 Å². The second-order valence-corrected chi connectivity index (χ2v) is 15.3. The Morgan fingerprint density at radius 2 is 0.919 bits per heavy atom. The van der Waals surface area contributed by atoms with E-state index in [1.54, 1.807) is 24.3 Å². The molecule has 0 atom stereocenters. The van der Waals surface area contributed by atoms with Crippen molar-refractivity contribution in [1.29, 1.82) is 0 Å². The third-order valence-electron chi connectivity index (χ3n) is 11.1. The van der Waals surface area contributed by atoms with E-state index in [0.29, 0.717) is 12.0 Å². The van der Waals surface area contributed by atoms with Crippen molar-refractivity contribution in [2.75, 3.05) is 0 Å². The summed E-state index contributed by atoms with van der Waals surface area (Å²) in [4.78, 5) is 22.8. The number of aromatic hydroxyl groups is 1. The predicted molar refractivity (Wildman–Crippen MR) is 248 cm³/mol. The summed E-state index contributed by atoms with van der Waals surface area (Å²) in [5, 5.41) is 10.4. The molecule has 1 radical (unpaired) electrons. The molecule has 2 heterocycles. The Labute approximate surface area is 377 Å². The van der Waals surface area contributed by atoms with Crippen LogP contribution in [0.1, 0.15) is 33.7 Å². The Morgan fingerprint density at radius 3 is 1.39 bits per heavy atom. The molecule has 9 aromatic rings. The maximum absolute atomic E-state index is 13.4. The Bertz CT molecular complexity index is 2880. The summed E-state index contributed by atoms with van der Waals surface area (Å²) in [7, 11) is 0. The van der Waals surface area contributed by atoms with Crippen molar-refractivity contribution in [3.8, 4) is 83.9 Å². The van der Waals surface area contributed by atoms with Crippen LogP contribution in [-0.4, -0.2) is 20.9 Å². The summed E-state index contributed by atoms with van der Waals surface area (Å²) in [6, 6.07) is 70.7. The Hall–Kier alpha value is -7.04. The van der Waals surface area contributed by atoms with E-state index in [2.05, 4.69) is 133 Å². The van der Waals surface area contributed by atoms with Gasteiger partial charge in [0.25, 0.3) is 0 Å². The zero-order valence-corrected chi connectivity index (χ0v) is 36.8. The van der Waals surface area contributed by atoms with E-state index in [1.807, 2.05) is 56.3 Å². The Balaban J connectivity index is 0.00000529. The van der Waals surface area contributed by atoms with Gasteiger partial charge in [0, 0.05) is 37.9 Å². The van der Waals surface area contributed by atoms with Gasteiger partial charge >= 0.3 is 0 Å². The minimum Gasteiger partial charge on any atom is -0.507 e. The van der Waals surface area contributed by atoms with Gasteiger partial charge in [-0.25, -0.2) is 0 Å². The fourth-order valence-electron chi connectivity index (χ4n) is 8.07. The molecule has 0 aliphatic rings. The van der Waals surface area contributed by atoms with Crippen LogP contribution < -0.4 is 0 Å². The third-order valence-corrected chi connectivity index (χ3v) is 11.1. The maximum Gasteiger partial charge on any atom is 0.166 e. The van der Waals surface area contributed by atoms with Crippen molar-refractivity contribution in [2.45, 2.75) is 26.7 Å². The zero-order valence-electron chi connectivity index (χ0n) is 34.4. The monoisotopic (exact) mass is 979 g/mol. The van der Waals surface area contributed by atoms with Crippen LogP contribution in [0.25, 0.3) is 78.1 Å². The van der Waals surface area contributed by atoms with Crippen molar-refractivity contribution in [3.63, 3.8) is 0 Å². The number of benzene rings is 7. The smallest absolute Gasteiger partial charge is 0.166 e. The number of para-hydroxylation sites is 1. The molecule has 0 saturated carbocycles. The fourth-order valence-corrected chi connectivity index (χ4v) is 8.07. The van der Waals surface area contributed by atoms with Crippen molar-refractivity contribution in [1.82, 2.24) is 9.97 Å². The maximum atomic E-state index is 13.4. The first-order chi connectivity index (χ1) is 29.9. The van der Waals surface area contributed by atoms with Crippen molar-refractivity contribution in [2.24, 2.45) is 0 Å². The molecule has 0 aliphatic carbocycles. The molecule has 0 spiro atoms. The first kappa shape index (κ1) is 41.7. The SMILES string of the molecule is Cc1cccc(-c2[c-]cc(-c3ccccc3-c3cc(-c4ccccc4CCC(=O)c4ccccc4O)cc(-c4ccccc4-c4c[c-]c(-c5cccc(C)n5)cc4)c3)cc2)n1.[Ir]. The summed E-state index contributed by atoms with van der Waals surface area (Å²) < 4.78 is 0. The first-order valence-electron chi connectivity index (χ1n) is 20.5. The molecule has 0 unspecified atom stereocenters. The average molecular weight is 979 g/mol. The molecule has 5 heteroatoms. The molecule has 7 aromatic carbocycles. The molecular weight excluding hydrogens is 937 g/mol. The second-order valence-electron chi connectivity index (χ2n) is 15.3. The number of aryl methyl sites for hydroxylation is 3. The van der Waals surface area contributed by atoms with Gasteiger partial charge in [0.1, 0.15) is 5.75 Å². The quantitative estimate of drug-likeness (QED) is 0.104. The Kier molecular flexibility index (Phi) is 12.6. The Morgan fingerprint density at radius 1 is 0.484 bits per heavy atom. The van der Waals surface area contributed by atoms with E-state index in [-0.39, 0.29) is 38.1 Å². The number of ketones is 1. The third kappa shape index (κ3) is 9.01. The van der Waals surface area contributed by atoms with Gasteiger partial charge in [0.15, 0.2) is 5.78 Å². The standard InChI is InChI=1S/C57H42N2O2.Ir/c1-38-13-11-22-54(58-38)43-29-25-41(26-30-43)49-17-5-7-19-51(49)46-35-45(48-16-4-3-15-40(48)33-34-57(61)53-21-9-10-24-56(53)60)36-47(37-46)52-20-8-6-18-50(52)42-27-31-44(32-28-42)55-23-12-14-39(2)59-55;/h3-29,31,35-37,60H,33-34H2,1-2H3;/q-2;. The van der Waals surface area contributed by atoms with E-state index < -0.39 is 0 Å². The van der Waals surface area contributed by atoms with Gasteiger partial charge in [-0.2, -0.15) is 0 Å². The number of aromatic nitrogens is 2. The number of phenolic OH excluding ortho intramolecular Hbond substituents is 1. The van der Waals surface area contributed by atoms with Gasteiger partial charge in [-0.15, -0.1) is 59.7 Å². The number of pyridine rings is 2. The van der Waals surface area contributed by atoms with Gasteiger partial charge in [0.05, 0.1) is 5.56 Å². The largest absolute Gasteiger partial charge is 0.507 e. The summed E-state index contributed by atoms with van der Waals surface area (Å²) >= 11 is 0. The minimum absolute atomic E-state index is 0. The molecule has 4 nitrogen and oxygen atoms in total. The summed E-state index contributed by atoms with van der Waals surface area (Å²) in [6.07, 6.45) is 0.786. The molecule has 0 aliphatic heterocycles. The van der Waals surface area contributed by atoms with E-state index in [9.17, 15) is 9.90 Å². The van der Waals surface area contributed by atoms with Gasteiger partial charge < -0.3 is 15.1 Å². The van der Waals surface area contributed by atoms with E-state index >= 15 is 0 Å².